The average molecular weight is 346 g/mol. The molecule has 0 saturated carbocycles. The molecule has 0 aliphatic rings. The Balaban J connectivity index is 2.40. The first-order valence-corrected chi connectivity index (χ1v) is 7.76. The number of carbonyl (C=O) groups is 2. The number of halogens is 2. The number of aryl methyl sites for hydroxylation is 2. The lowest BCUT2D eigenvalue weighted by molar-refractivity contribution is 0.0992. The Morgan fingerprint density at radius 1 is 1.04 bits per heavy atom. The fourth-order valence-electron chi connectivity index (χ4n) is 3.10. The van der Waals surface area contributed by atoms with E-state index >= 15 is 0 Å². The van der Waals surface area contributed by atoms with Crippen LogP contribution in [-0.2, 0) is 6.54 Å². The van der Waals surface area contributed by atoms with Gasteiger partial charge < -0.3 is 11.1 Å². The van der Waals surface area contributed by atoms with Crippen molar-refractivity contribution in [3.05, 3.63) is 63.2 Å². The van der Waals surface area contributed by atoms with Gasteiger partial charge in [0.1, 0.15) is 11.6 Å². The first kappa shape index (κ1) is 18.6. The van der Waals surface area contributed by atoms with Crippen LogP contribution in [0.3, 0.4) is 0 Å². The first-order chi connectivity index (χ1) is 11.6. The average Bonchev–Trinajstić information content (AvgIpc) is 2.47. The molecule has 3 N–H and O–H groups in total. The highest BCUT2D eigenvalue weighted by molar-refractivity contribution is 5.97. The molecule has 132 valence electrons. The molecule has 0 fully saturated rings. The van der Waals surface area contributed by atoms with E-state index in [0.717, 1.165) is 28.3 Å². The largest absolute Gasteiger partial charge is 0.379 e. The molecule has 0 saturated heterocycles. The van der Waals surface area contributed by atoms with E-state index in [0.29, 0.717) is 11.6 Å². The van der Waals surface area contributed by atoms with E-state index in [-0.39, 0.29) is 23.6 Å². The van der Waals surface area contributed by atoms with E-state index in [2.05, 4.69) is 5.32 Å². The summed E-state index contributed by atoms with van der Waals surface area (Å²) >= 11 is 0. The van der Waals surface area contributed by atoms with Crippen molar-refractivity contribution in [1.29, 1.82) is 0 Å². The van der Waals surface area contributed by atoms with Gasteiger partial charge in [-0.25, -0.2) is 8.78 Å². The van der Waals surface area contributed by atoms with Crippen molar-refractivity contribution >= 4 is 17.4 Å². The number of carbonyl (C=O) groups excluding carboxylic acids is 2. The lowest BCUT2D eigenvalue weighted by Crippen LogP contribution is -2.15. The quantitative estimate of drug-likeness (QED) is 0.809. The van der Waals surface area contributed by atoms with Crippen molar-refractivity contribution in [2.24, 2.45) is 5.73 Å². The molecule has 0 aromatic heterocycles. The molecular formula is C19H20F2N2O2. The fourth-order valence-corrected chi connectivity index (χ4v) is 3.10. The van der Waals surface area contributed by atoms with Crippen molar-refractivity contribution in [1.82, 2.24) is 0 Å². The molecule has 2 aromatic rings. The minimum Gasteiger partial charge on any atom is -0.379 e. The monoisotopic (exact) mass is 346 g/mol. The second-order valence-electron chi connectivity index (χ2n) is 6.07. The molecule has 6 heteroatoms. The lowest BCUT2D eigenvalue weighted by atomic mass is 9.91. The molecule has 2 aromatic carbocycles. The van der Waals surface area contributed by atoms with Crippen LogP contribution < -0.4 is 11.1 Å². The summed E-state index contributed by atoms with van der Waals surface area (Å²) in [6.07, 6.45) is 0. The third kappa shape index (κ3) is 3.68. The van der Waals surface area contributed by atoms with Gasteiger partial charge in [-0.15, -0.1) is 0 Å². The van der Waals surface area contributed by atoms with Gasteiger partial charge in [0.05, 0.1) is 11.3 Å². The Kier molecular flexibility index (Phi) is 5.21. The van der Waals surface area contributed by atoms with Gasteiger partial charge in [-0.3, -0.25) is 9.59 Å². The van der Waals surface area contributed by atoms with Crippen LogP contribution in [0.15, 0.2) is 18.2 Å². The minimum absolute atomic E-state index is 0.0287. The van der Waals surface area contributed by atoms with Gasteiger partial charge in [0.15, 0.2) is 5.78 Å². The number of nitrogens with two attached hydrogens (primary N) is 1. The van der Waals surface area contributed by atoms with Gasteiger partial charge >= 0.3 is 0 Å². The summed E-state index contributed by atoms with van der Waals surface area (Å²) < 4.78 is 27.5. The molecule has 0 radical (unpaired) electrons. The SMILES string of the molecule is CC(=O)c1c(C)cc(C)c(CNc2cc(C(N)=O)c(F)cc2F)c1C. The van der Waals surface area contributed by atoms with Gasteiger partial charge in [0.2, 0.25) is 0 Å². The van der Waals surface area contributed by atoms with Gasteiger partial charge in [-0.05, 0) is 56.0 Å². The molecule has 0 bridgehead atoms. The van der Waals surface area contributed by atoms with Crippen LogP contribution in [0.5, 0.6) is 0 Å². The van der Waals surface area contributed by atoms with E-state index in [1.807, 2.05) is 26.8 Å². The summed E-state index contributed by atoms with van der Waals surface area (Å²) in [5.41, 5.74) is 8.81. The van der Waals surface area contributed by atoms with Gasteiger partial charge in [0, 0.05) is 18.2 Å². The molecule has 2 rings (SSSR count). The number of amides is 1. The van der Waals surface area contributed by atoms with Crippen molar-refractivity contribution in [2.45, 2.75) is 34.2 Å². The highest BCUT2D eigenvalue weighted by Crippen LogP contribution is 2.25. The van der Waals surface area contributed by atoms with Crippen LogP contribution in [0, 0.1) is 32.4 Å². The number of primary amides is 1. The number of hydrogen-bond acceptors (Lipinski definition) is 3. The van der Waals surface area contributed by atoms with Crippen LogP contribution in [0.1, 0.15) is 49.9 Å². The number of hydrogen-bond donors (Lipinski definition) is 2. The number of nitrogens with one attached hydrogen (secondary N) is 1. The van der Waals surface area contributed by atoms with E-state index in [4.69, 9.17) is 5.73 Å². The van der Waals surface area contributed by atoms with Crippen molar-refractivity contribution in [3.8, 4) is 0 Å². The Bertz CT molecular complexity index is 876. The zero-order chi connectivity index (χ0) is 18.9. The molecule has 0 atom stereocenters. The molecular weight excluding hydrogens is 326 g/mol. The van der Waals surface area contributed by atoms with Crippen LogP contribution in [0.4, 0.5) is 14.5 Å². The normalized spacial score (nSPS) is 10.6. The second kappa shape index (κ2) is 7.01. The number of Topliss-reactive ketones (excluding diaryl/α,β-unsaturated/α-hetero) is 1. The van der Waals surface area contributed by atoms with E-state index in [1.165, 1.54) is 6.92 Å². The number of rotatable bonds is 5. The lowest BCUT2D eigenvalue weighted by Gasteiger charge is -2.17. The Morgan fingerprint density at radius 2 is 1.68 bits per heavy atom. The number of ketones is 1. The molecule has 0 heterocycles. The van der Waals surface area contributed by atoms with Crippen molar-refractivity contribution < 1.29 is 18.4 Å². The second-order valence-corrected chi connectivity index (χ2v) is 6.07. The molecule has 0 unspecified atom stereocenters. The fraction of sp³-hybridized carbons (Fsp3) is 0.263. The Morgan fingerprint density at radius 3 is 2.24 bits per heavy atom. The summed E-state index contributed by atoms with van der Waals surface area (Å²) in [5, 5.41) is 2.86. The molecule has 25 heavy (non-hydrogen) atoms. The van der Waals surface area contributed by atoms with Crippen LogP contribution in [0.25, 0.3) is 0 Å². The maximum atomic E-state index is 14.0. The molecule has 0 aliphatic carbocycles. The standard InChI is InChI=1S/C19H20F2N2O2/c1-9-5-10(2)18(12(4)24)11(3)14(9)8-23-17-6-13(19(22)25)15(20)7-16(17)21/h5-7,23H,8H2,1-4H3,(H2,22,25). The smallest absolute Gasteiger partial charge is 0.251 e. The van der Waals surface area contributed by atoms with E-state index < -0.39 is 17.5 Å². The maximum absolute atomic E-state index is 14.0. The predicted molar refractivity (Wildman–Crippen MR) is 92.9 cm³/mol. The molecule has 0 aliphatic heterocycles. The molecule has 1 amide bonds. The van der Waals surface area contributed by atoms with Crippen LogP contribution >= 0.6 is 0 Å². The van der Waals surface area contributed by atoms with Crippen LogP contribution in [-0.4, -0.2) is 11.7 Å². The summed E-state index contributed by atoms with van der Waals surface area (Å²) in [6.45, 7) is 7.33. The summed E-state index contributed by atoms with van der Waals surface area (Å²) in [4.78, 5) is 23.1. The van der Waals surface area contributed by atoms with E-state index in [9.17, 15) is 18.4 Å². The summed E-state index contributed by atoms with van der Waals surface area (Å²) in [6, 6.07) is 3.58. The predicted octanol–water partition coefficient (Wildman–Crippen LogP) is 3.80. The van der Waals surface area contributed by atoms with Crippen molar-refractivity contribution in [3.63, 3.8) is 0 Å². The van der Waals surface area contributed by atoms with Gasteiger partial charge in [-0.2, -0.15) is 0 Å². The highest BCUT2D eigenvalue weighted by atomic mass is 19.1. The van der Waals surface area contributed by atoms with Crippen LogP contribution in [0.2, 0.25) is 0 Å². The number of anilines is 1. The Labute approximate surface area is 145 Å². The molecule has 0 spiro atoms. The zero-order valence-electron chi connectivity index (χ0n) is 14.6. The summed E-state index contributed by atoms with van der Waals surface area (Å²) in [5.74, 6) is -2.84. The van der Waals surface area contributed by atoms with Gasteiger partial charge in [0.25, 0.3) is 5.91 Å². The van der Waals surface area contributed by atoms with Gasteiger partial charge in [-0.1, -0.05) is 6.07 Å². The topological polar surface area (TPSA) is 72.2 Å². The zero-order valence-corrected chi connectivity index (χ0v) is 14.6. The maximum Gasteiger partial charge on any atom is 0.251 e. The Hall–Kier alpha value is -2.76. The first-order valence-electron chi connectivity index (χ1n) is 7.76. The highest BCUT2D eigenvalue weighted by Gasteiger charge is 2.16. The minimum atomic E-state index is -1.00. The third-order valence-corrected chi connectivity index (χ3v) is 4.26. The summed E-state index contributed by atoms with van der Waals surface area (Å²) in [7, 11) is 0. The van der Waals surface area contributed by atoms with E-state index in [1.54, 1.807) is 0 Å². The molecule has 4 nitrogen and oxygen atoms in total. The van der Waals surface area contributed by atoms with Crippen molar-refractivity contribution in [2.75, 3.05) is 5.32 Å². The third-order valence-electron chi connectivity index (χ3n) is 4.26. The number of benzene rings is 2.